The van der Waals surface area contributed by atoms with Crippen molar-refractivity contribution in [3.63, 3.8) is 0 Å². The van der Waals surface area contributed by atoms with Crippen LogP contribution in [0.3, 0.4) is 0 Å². The van der Waals surface area contributed by atoms with Gasteiger partial charge in [-0.05, 0) is 0 Å². The van der Waals surface area contributed by atoms with Gasteiger partial charge in [-0.2, -0.15) is 0 Å². The SMILES string of the molecule is N[C@@H](C(=O)[O-])[C@H](O)CO.[Na+]. The van der Waals surface area contributed by atoms with Crippen LogP contribution in [0.4, 0.5) is 0 Å². The zero-order chi connectivity index (χ0) is 7.44. The Balaban J connectivity index is 0. The zero-order valence-corrected chi connectivity index (χ0v) is 7.65. The second kappa shape index (κ2) is 6.09. The molecular weight excluding hydrogens is 149 g/mol. The smallest absolute Gasteiger partial charge is 0.548 e. The fraction of sp³-hybridized carbons (Fsp3) is 0.750. The van der Waals surface area contributed by atoms with Crippen molar-refractivity contribution in [3.05, 3.63) is 0 Å². The summed E-state index contributed by atoms with van der Waals surface area (Å²) in [5, 5.41) is 26.4. The zero-order valence-electron chi connectivity index (χ0n) is 5.65. The van der Waals surface area contributed by atoms with Gasteiger partial charge in [0.05, 0.1) is 24.7 Å². The van der Waals surface area contributed by atoms with Gasteiger partial charge in [0.15, 0.2) is 0 Å². The van der Waals surface area contributed by atoms with Crippen LogP contribution in [0, 0.1) is 0 Å². The monoisotopic (exact) mass is 157 g/mol. The Morgan fingerprint density at radius 3 is 2.20 bits per heavy atom. The van der Waals surface area contributed by atoms with Gasteiger partial charge in [-0.15, -0.1) is 0 Å². The van der Waals surface area contributed by atoms with E-state index < -0.39 is 24.7 Å². The number of aliphatic hydroxyl groups is 2. The van der Waals surface area contributed by atoms with Crippen molar-refractivity contribution in [1.82, 2.24) is 0 Å². The first-order valence-electron chi connectivity index (χ1n) is 2.35. The van der Waals surface area contributed by atoms with Crippen LogP contribution in [-0.4, -0.2) is 34.9 Å². The van der Waals surface area contributed by atoms with E-state index in [-0.39, 0.29) is 29.6 Å². The van der Waals surface area contributed by atoms with E-state index >= 15 is 0 Å². The van der Waals surface area contributed by atoms with Gasteiger partial charge in [-0.1, -0.05) is 0 Å². The third-order valence-electron chi connectivity index (χ3n) is 0.874. The van der Waals surface area contributed by atoms with Crippen LogP contribution >= 0.6 is 0 Å². The molecule has 0 spiro atoms. The molecule has 0 aromatic carbocycles. The number of carboxylic acid groups (broad SMARTS) is 1. The average molecular weight is 157 g/mol. The molecule has 54 valence electrons. The van der Waals surface area contributed by atoms with E-state index in [2.05, 4.69) is 0 Å². The molecule has 5 nitrogen and oxygen atoms in total. The van der Waals surface area contributed by atoms with Gasteiger partial charge in [-0.25, -0.2) is 0 Å². The van der Waals surface area contributed by atoms with E-state index in [0.29, 0.717) is 0 Å². The second-order valence-electron chi connectivity index (χ2n) is 1.59. The summed E-state index contributed by atoms with van der Waals surface area (Å²) in [5.41, 5.74) is 4.80. The minimum absolute atomic E-state index is 0. The third kappa shape index (κ3) is 4.21. The Labute approximate surface area is 80.1 Å². The van der Waals surface area contributed by atoms with Gasteiger partial charge >= 0.3 is 29.6 Å². The maximum absolute atomic E-state index is 9.79. The minimum Gasteiger partial charge on any atom is -0.548 e. The van der Waals surface area contributed by atoms with Gasteiger partial charge in [0.1, 0.15) is 0 Å². The molecule has 0 amide bonds. The first-order valence-corrected chi connectivity index (χ1v) is 2.35. The second-order valence-corrected chi connectivity index (χ2v) is 1.59. The Morgan fingerprint density at radius 2 is 2.10 bits per heavy atom. The number of hydrogen-bond acceptors (Lipinski definition) is 5. The van der Waals surface area contributed by atoms with Crippen molar-refractivity contribution in [1.29, 1.82) is 0 Å². The summed E-state index contributed by atoms with van der Waals surface area (Å²) in [6, 6.07) is -1.50. The molecule has 0 radical (unpaired) electrons. The molecule has 0 unspecified atom stereocenters. The number of carbonyl (C=O) groups is 1. The average Bonchev–Trinajstić information content (AvgIpc) is 1.84. The van der Waals surface area contributed by atoms with Gasteiger partial charge in [0, 0.05) is 0 Å². The largest absolute Gasteiger partial charge is 1.00 e. The molecule has 0 aromatic heterocycles. The third-order valence-corrected chi connectivity index (χ3v) is 0.874. The number of nitrogens with two attached hydrogens (primary N) is 1. The van der Waals surface area contributed by atoms with Crippen molar-refractivity contribution in [2.75, 3.05) is 6.61 Å². The Morgan fingerprint density at radius 1 is 1.70 bits per heavy atom. The predicted octanol–water partition coefficient (Wildman–Crippen LogP) is -6.58. The molecule has 0 aliphatic rings. The van der Waals surface area contributed by atoms with Crippen LogP contribution in [0.2, 0.25) is 0 Å². The quantitative estimate of drug-likeness (QED) is 0.353. The standard InChI is InChI=1S/C4H9NO4.Na/c5-3(4(8)9)2(7)1-6;/h2-3,6-7H,1,5H2,(H,8,9);/q;+1/p-1/t2-,3-;/m1./s1. The topological polar surface area (TPSA) is 107 Å². The van der Waals surface area contributed by atoms with Crippen LogP contribution in [0.15, 0.2) is 0 Å². The number of rotatable bonds is 3. The first kappa shape index (κ1) is 13.0. The van der Waals surface area contributed by atoms with Crippen LogP contribution in [0.5, 0.6) is 0 Å². The number of hydrogen-bond donors (Lipinski definition) is 3. The summed E-state index contributed by atoms with van der Waals surface area (Å²) in [6.07, 6.45) is -1.44. The molecule has 0 rings (SSSR count). The molecular formula is C4H8NNaO4. The molecule has 0 aliphatic heterocycles. The summed E-state index contributed by atoms with van der Waals surface area (Å²) >= 11 is 0. The van der Waals surface area contributed by atoms with E-state index in [1.165, 1.54) is 0 Å². The fourth-order valence-corrected chi connectivity index (χ4v) is 0.271. The van der Waals surface area contributed by atoms with Crippen molar-refractivity contribution < 1.29 is 49.7 Å². The molecule has 0 heterocycles. The van der Waals surface area contributed by atoms with Crippen molar-refractivity contribution >= 4 is 5.97 Å². The van der Waals surface area contributed by atoms with Gasteiger partial charge in [0.25, 0.3) is 0 Å². The molecule has 0 aromatic rings. The van der Waals surface area contributed by atoms with E-state index in [4.69, 9.17) is 15.9 Å². The Kier molecular flexibility index (Phi) is 7.90. The molecule has 6 heteroatoms. The van der Waals surface area contributed by atoms with Crippen LogP contribution in [-0.2, 0) is 4.79 Å². The first-order chi connectivity index (χ1) is 4.09. The normalized spacial score (nSPS) is 15.1. The molecule has 0 saturated carbocycles. The molecule has 2 atom stereocenters. The number of carboxylic acids is 1. The van der Waals surface area contributed by atoms with Gasteiger partial charge in [-0.3, -0.25) is 0 Å². The maximum atomic E-state index is 9.79. The summed E-state index contributed by atoms with van der Waals surface area (Å²) in [7, 11) is 0. The maximum Gasteiger partial charge on any atom is 1.00 e. The fourth-order valence-electron chi connectivity index (χ4n) is 0.271. The van der Waals surface area contributed by atoms with Crippen LogP contribution in [0.1, 0.15) is 0 Å². The predicted molar refractivity (Wildman–Crippen MR) is 26.1 cm³/mol. The van der Waals surface area contributed by atoms with E-state index in [1.807, 2.05) is 0 Å². The molecule has 0 bridgehead atoms. The molecule has 4 N–H and O–H groups in total. The summed E-state index contributed by atoms with van der Waals surface area (Å²) < 4.78 is 0. The molecule has 0 aliphatic carbocycles. The number of carbonyl (C=O) groups excluding carboxylic acids is 1. The summed E-state index contributed by atoms with van der Waals surface area (Å²) in [6.45, 7) is -0.671. The Hall–Kier alpha value is 0.350. The number of aliphatic hydroxyl groups excluding tert-OH is 2. The van der Waals surface area contributed by atoms with Crippen molar-refractivity contribution in [2.45, 2.75) is 12.1 Å². The molecule has 10 heavy (non-hydrogen) atoms. The van der Waals surface area contributed by atoms with E-state index in [0.717, 1.165) is 0 Å². The summed E-state index contributed by atoms with van der Waals surface area (Å²) in [4.78, 5) is 9.79. The van der Waals surface area contributed by atoms with Crippen LogP contribution < -0.4 is 40.4 Å². The molecule has 0 fully saturated rings. The Bertz CT molecular complexity index is 109. The molecule has 0 saturated heterocycles. The number of aliphatic carboxylic acids is 1. The van der Waals surface area contributed by atoms with Gasteiger partial charge in [0.2, 0.25) is 0 Å². The summed E-state index contributed by atoms with van der Waals surface area (Å²) in [5.74, 6) is -1.57. The van der Waals surface area contributed by atoms with Crippen molar-refractivity contribution in [3.8, 4) is 0 Å². The van der Waals surface area contributed by atoms with Crippen molar-refractivity contribution in [2.24, 2.45) is 5.73 Å². The van der Waals surface area contributed by atoms with E-state index in [9.17, 15) is 9.90 Å². The van der Waals surface area contributed by atoms with Gasteiger partial charge < -0.3 is 25.8 Å². The van der Waals surface area contributed by atoms with Crippen LogP contribution in [0.25, 0.3) is 0 Å². The minimum atomic E-state index is -1.57. The van der Waals surface area contributed by atoms with E-state index in [1.54, 1.807) is 0 Å².